The maximum atomic E-state index is 12.8. The number of aromatic nitrogens is 2. The number of nitrogens with one attached hydrogen (secondary N) is 2. The number of carbonyl (C=O) groups excluding carboxylic acids is 2. The molecule has 0 atom stereocenters. The largest absolute Gasteiger partial charge is 0.349 e. The molecular weight excluding hydrogens is 354 g/mol. The first kappa shape index (κ1) is 19.1. The zero-order valence-corrected chi connectivity index (χ0v) is 15.6. The summed E-state index contributed by atoms with van der Waals surface area (Å²) in [5.41, 5.74) is 1.63. The summed E-state index contributed by atoms with van der Waals surface area (Å²) in [5.74, 6) is -0.588. The lowest BCUT2D eigenvalue weighted by Crippen LogP contribution is -2.26. The minimum atomic E-state index is -0.441. The molecule has 0 spiro atoms. The van der Waals surface area contributed by atoms with Crippen molar-refractivity contribution in [1.82, 2.24) is 14.7 Å². The number of imidazole rings is 1. The Hall–Kier alpha value is -3.66. The minimum Gasteiger partial charge on any atom is -0.349 e. The highest BCUT2D eigenvalue weighted by Gasteiger charge is 2.21. The average Bonchev–Trinajstić information content (AvgIpc) is 3.11. The van der Waals surface area contributed by atoms with Crippen LogP contribution in [0.3, 0.4) is 0 Å². The lowest BCUT2D eigenvalue weighted by Gasteiger charge is -2.03. The highest BCUT2D eigenvalue weighted by molar-refractivity contribution is 6.09. The van der Waals surface area contributed by atoms with E-state index in [-0.39, 0.29) is 17.4 Å². The fourth-order valence-electron chi connectivity index (χ4n) is 2.88. The SMILES string of the molecule is CCCCCNC(=O)c1nc(C(=O)Nc2cccc(C#N)c2)c2ccccn12. The predicted octanol–water partition coefficient (Wildman–Crippen LogP) is 3.38. The number of nitriles is 1. The van der Waals surface area contributed by atoms with E-state index in [2.05, 4.69) is 22.5 Å². The van der Waals surface area contributed by atoms with Crippen molar-refractivity contribution >= 4 is 23.0 Å². The topological polar surface area (TPSA) is 99.3 Å². The number of fused-ring (bicyclic) bond motifs is 1. The summed E-state index contributed by atoms with van der Waals surface area (Å²) < 4.78 is 1.61. The lowest BCUT2D eigenvalue weighted by molar-refractivity contribution is 0.0942. The maximum absolute atomic E-state index is 12.8. The van der Waals surface area contributed by atoms with Gasteiger partial charge in [-0.15, -0.1) is 0 Å². The summed E-state index contributed by atoms with van der Waals surface area (Å²) in [7, 11) is 0. The van der Waals surface area contributed by atoms with Crippen molar-refractivity contribution in [3.8, 4) is 6.07 Å². The van der Waals surface area contributed by atoms with E-state index in [4.69, 9.17) is 5.26 Å². The number of anilines is 1. The molecule has 7 nitrogen and oxygen atoms in total. The summed E-state index contributed by atoms with van der Waals surface area (Å²) >= 11 is 0. The summed E-state index contributed by atoms with van der Waals surface area (Å²) in [4.78, 5) is 29.6. The van der Waals surface area contributed by atoms with E-state index in [1.165, 1.54) is 0 Å². The normalized spacial score (nSPS) is 10.4. The van der Waals surface area contributed by atoms with Crippen LogP contribution in [0.4, 0.5) is 5.69 Å². The van der Waals surface area contributed by atoms with Crippen LogP contribution >= 0.6 is 0 Å². The first-order chi connectivity index (χ1) is 13.6. The third kappa shape index (κ3) is 4.18. The number of hydrogen-bond acceptors (Lipinski definition) is 4. The van der Waals surface area contributed by atoms with Crippen LogP contribution in [0.2, 0.25) is 0 Å². The molecule has 2 N–H and O–H groups in total. The molecule has 1 aromatic carbocycles. The molecule has 2 aromatic heterocycles. The molecule has 7 heteroatoms. The van der Waals surface area contributed by atoms with Crippen LogP contribution < -0.4 is 10.6 Å². The van der Waals surface area contributed by atoms with Crippen molar-refractivity contribution in [1.29, 1.82) is 5.26 Å². The zero-order chi connectivity index (χ0) is 19.9. The van der Waals surface area contributed by atoms with Crippen molar-refractivity contribution in [2.24, 2.45) is 0 Å². The molecule has 0 aliphatic carbocycles. The van der Waals surface area contributed by atoms with E-state index in [1.54, 1.807) is 53.1 Å². The molecular formula is C21H21N5O2. The summed E-state index contributed by atoms with van der Waals surface area (Å²) in [6.45, 7) is 2.66. The van der Waals surface area contributed by atoms with E-state index in [0.29, 0.717) is 23.3 Å². The third-order valence-corrected chi connectivity index (χ3v) is 4.28. The Bertz CT molecular complexity index is 1050. The quantitative estimate of drug-likeness (QED) is 0.618. The summed E-state index contributed by atoms with van der Waals surface area (Å²) in [6, 6.07) is 14.0. The standard InChI is InChI=1S/C21H21N5O2/c1-2-3-5-11-23-21(28)19-25-18(17-10-4-6-12-26(17)19)20(27)24-16-9-7-8-15(13-16)14-22/h4,6-10,12-13H,2-3,5,11H2,1H3,(H,23,28)(H,24,27). The third-order valence-electron chi connectivity index (χ3n) is 4.28. The van der Waals surface area contributed by atoms with Crippen LogP contribution in [0.1, 0.15) is 52.9 Å². The fraction of sp³-hybridized carbons (Fsp3) is 0.238. The van der Waals surface area contributed by atoms with Crippen LogP contribution in [0.25, 0.3) is 5.52 Å². The second-order valence-electron chi connectivity index (χ2n) is 6.35. The van der Waals surface area contributed by atoms with Crippen LogP contribution in [0, 0.1) is 11.3 Å². The molecule has 0 fully saturated rings. The molecule has 0 bridgehead atoms. The van der Waals surface area contributed by atoms with Gasteiger partial charge in [0.15, 0.2) is 5.69 Å². The van der Waals surface area contributed by atoms with Crippen molar-refractivity contribution in [2.75, 3.05) is 11.9 Å². The molecule has 142 valence electrons. The number of hydrogen-bond donors (Lipinski definition) is 2. The monoisotopic (exact) mass is 375 g/mol. The van der Waals surface area contributed by atoms with Crippen LogP contribution in [-0.2, 0) is 0 Å². The number of unbranched alkanes of at least 4 members (excludes halogenated alkanes) is 2. The van der Waals surface area contributed by atoms with Gasteiger partial charge < -0.3 is 10.6 Å². The second kappa shape index (κ2) is 8.82. The van der Waals surface area contributed by atoms with Crippen molar-refractivity contribution in [3.63, 3.8) is 0 Å². The summed E-state index contributed by atoms with van der Waals surface area (Å²) in [6.07, 6.45) is 4.71. The fourth-order valence-corrected chi connectivity index (χ4v) is 2.88. The number of carbonyl (C=O) groups is 2. The van der Waals surface area contributed by atoms with Gasteiger partial charge in [0.25, 0.3) is 11.8 Å². The van der Waals surface area contributed by atoms with Gasteiger partial charge in [0.1, 0.15) is 0 Å². The Labute approximate surface area is 163 Å². The molecule has 0 unspecified atom stereocenters. The number of rotatable bonds is 7. The Balaban J connectivity index is 1.86. The number of pyridine rings is 1. The highest BCUT2D eigenvalue weighted by Crippen LogP contribution is 2.16. The molecule has 0 aliphatic heterocycles. The van der Waals surface area contributed by atoms with E-state index in [9.17, 15) is 9.59 Å². The van der Waals surface area contributed by atoms with Gasteiger partial charge >= 0.3 is 0 Å². The van der Waals surface area contributed by atoms with Crippen molar-refractivity contribution < 1.29 is 9.59 Å². The molecule has 28 heavy (non-hydrogen) atoms. The lowest BCUT2D eigenvalue weighted by atomic mass is 10.2. The van der Waals surface area contributed by atoms with Gasteiger partial charge in [-0.1, -0.05) is 31.9 Å². The Morgan fingerprint density at radius 2 is 2.00 bits per heavy atom. The first-order valence-corrected chi connectivity index (χ1v) is 9.21. The van der Waals surface area contributed by atoms with Gasteiger partial charge in [-0.05, 0) is 36.8 Å². The van der Waals surface area contributed by atoms with Gasteiger partial charge in [0.2, 0.25) is 5.82 Å². The zero-order valence-electron chi connectivity index (χ0n) is 15.6. The second-order valence-corrected chi connectivity index (χ2v) is 6.35. The Morgan fingerprint density at radius 3 is 2.79 bits per heavy atom. The van der Waals surface area contributed by atoms with E-state index in [1.807, 2.05) is 6.07 Å². The predicted molar refractivity (Wildman–Crippen MR) is 106 cm³/mol. The number of amides is 2. The van der Waals surface area contributed by atoms with Crippen molar-refractivity contribution in [2.45, 2.75) is 26.2 Å². The van der Waals surface area contributed by atoms with E-state index in [0.717, 1.165) is 19.3 Å². The number of benzene rings is 1. The molecule has 3 aromatic rings. The molecule has 2 amide bonds. The van der Waals surface area contributed by atoms with Gasteiger partial charge in [0, 0.05) is 18.4 Å². The summed E-state index contributed by atoms with van der Waals surface area (Å²) in [5, 5.41) is 14.6. The van der Waals surface area contributed by atoms with Crippen LogP contribution in [0.5, 0.6) is 0 Å². The Kier molecular flexibility index (Phi) is 6.02. The van der Waals surface area contributed by atoms with E-state index < -0.39 is 5.91 Å². The van der Waals surface area contributed by atoms with Crippen molar-refractivity contribution in [3.05, 3.63) is 65.7 Å². The molecule has 3 rings (SSSR count). The van der Waals surface area contributed by atoms with Gasteiger partial charge in [-0.2, -0.15) is 5.26 Å². The highest BCUT2D eigenvalue weighted by atomic mass is 16.2. The van der Waals surface area contributed by atoms with Gasteiger partial charge in [0.05, 0.1) is 17.1 Å². The molecule has 0 radical (unpaired) electrons. The smallest absolute Gasteiger partial charge is 0.287 e. The van der Waals surface area contributed by atoms with Gasteiger partial charge in [-0.25, -0.2) is 4.98 Å². The van der Waals surface area contributed by atoms with Crippen LogP contribution in [-0.4, -0.2) is 27.7 Å². The average molecular weight is 375 g/mol. The first-order valence-electron chi connectivity index (χ1n) is 9.21. The molecule has 0 saturated heterocycles. The van der Waals surface area contributed by atoms with E-state index >= 15 is 0 Å². The molecule has 2 heterocycles. The Morgan fingerprint density at radius 1 is 1.14 bits per heavy atom. The number of nitrogens with zero attached hydrogens (tertiary/aromatic N) is 3. The van der Waals surface area contributed by atoms with Gasteiger partial charge in [-0.3, -0.25) is 14.0 Å². The molecule has 0 saturated carbocycles. The maximum Gasteiger partial charge on any atom is 0.287 e. The van der Waals surface area contributed by atoms with Crippen LogP contribution in [0.15, 0.2) is 48.7 Å². The molecule has 0 aliphatic rings. The minimum absolute atomic E-state index is 0.154.